The van der Waals surface area contributed by atoms with E-state index in [2.05, 4.69) is 0 Å². The fourth-order valence-electron chi connectivity index (χ4n) is 2.42. The summed E-state index contributed by atoms with van der Waals surface area (Å²) in [6.07, 6.45) is 0.486. The van der Waals surface area contributed by atoms with Gasteiger partial charge in [0.25, 0.3) is 0 Å². The molecule has 0 aliphatic heterocycles. The van der Waals surface area contributed by atoms with Crippen LogP contribution in [0.1, 0.15) is 23.5 Å². The fraction of sp³-hybridized carbons (Fsp3) is 0.250. The Labute approximate surface area is 121 Å². The Morgan fingerprint density at radius 1 is 1.24 bits per heavy atom. The van der Waals surface area contributed by atoms with Gasteiger partial charge in [0.2, 0.25) is 6.04 Å². The van der Waals surface area contributed by atoms with E-state index in [1.54, 1.807) is 6.07 Å². The molecule has 4 nitrogen and oxygen atoms in total. The van der Waals surface area contributed by atoms with Crippen molar-refractivity contribution in [2.24, 2.45) is 0 Å². The first kappa shape index (κ1) is 13.5. The molecule has 0 heterocycles. The number of benzene rings is 2. The zero-order valence-corrected chi connectivity index (χ0v) is 11.2. The molecule has 0 saturated heterocycles. The Balaban J connectivity index is 1.78. The van der Waals surface area contributed by atoms with Crippen LogP contribution in [-0.4, -0.2) is 11.0 Å². The summed E-state index contributed by atoms with van der Waals surface area (Å²) in [6.45, 7) is 0.313. The molecule has 3 rings (SSSR count). The van der Waals surface area contributed by atoms with Crippen LogP contribution in [0.15, 0.2) is 48.5 Å². The van der Waals surface area contributed by atoms with Gasteiger partial charge < -0.3 is 4.74 Å². The highest BCUT2D eigenvalue weighted by Gasteiger charge is 2.50. The first-order valence-corrected chi connectivity index (χ1v) is 6.75. The van der Waals surface area contributed by atoms with E-state index in [-0.39, 0.29) is 10.8 Å². The third-order valence-electron chi connectivity index (χ3n) is 3.64. The number of rotatable bonds is 5. The molecule has 2 atom stereocenters. The smallest absolute Gasteiger partial charge is 0.221 e. The molecule has 1 aliphatic rings. The Kier molecular flexibility index (Phi) is 3.56. The zero-order valence-electron chi connectivity index (χ0n) is 11.2. The molecule has 1 saturated carbocycles. The standard InChI is InChI=1S/C16H14FNO3/c17-12-6-7-13(14-9-15(14)18(19)20)16(8-12)21-10-11-4-2-1-3-5-11/h1-8,14-15H,9-10H2. The van der Waals surface area contributed by atoms with Gasteiger partial charge in [0.15, 0.2) is 0 Å². The highest BCUT2D eigenvalue weighted by molar-refractivity contribution is 5.40. The summed E-state index contributed by atoms with van der Waals surface area (Å²) in [5.74, 6) is -0.181. The molecule has 0 N–H and O–H groups in total. The van der Waals surface area contributed by atoms with Crippen molar-refractivity contribution in [3.8, 4) is 5.75 Å². The van der Waals surface area contributed by atoms with Gasteiger partial charge in [0.1, 0.15) is 18.2 Å². The minimum Gasteiger partial charge on any atom is -0.489 e. The van der Waals surface area contributed by atoms with Gasteiger partial charge in [-0.3, -0.25) is 10.1 Å². The minimum atomic E-state index is -0.575. The van der Waals surface area contributed by atoms with E-state index in [0.717, 1.165) is 5.56 Å². The topological polar surface area (TPSA) is 52.4 Å². The lowest BCUT2D eigenvalue weighted by Gasteiger charge is -2.11. The predicted molar refractivity (Wildman–Crippen MR) is 75.3 cm³/mol. The maximum absolute atomic E-state index is 13.4. The number of ether oxygens (including phenoxy) is 1. The normalized spacial score (nSPS) is 20.0. The second kappa shape index (κ2) is 5.52. The SMILES string of the molecule is O=[N+]([O-])C1CC1c1ccc(F)cc1OCc1ccccc1. The first-order chi connectivity index (χ1) is 10.1. The predicted octanol–water partition coefficient (Wildman–Crippen LogP) is 3.54. The van der Waals surface area contributed by atoms with Crippen molar-refractivity contribution >= 4 is 0 Å². The molecule has 5 heteroatoms. The second-order valence-electron chi connectivity index (χ2n) is 5.15. The number of halogens is 1. The highest BCUT2D eigenvalue weighted by atomic mass is 19.1. The van der Waals surface area contributed by atoms with Gasteiger partial charge in [-0.25, -0.2) is 4.39 Å². The number of nitrogens with zero attached hydrogens (tertiary/aromatic N) is 1. The van der Waals surface area contributed by atoms with E-state index in [1.165, 1.54) is 12.1 Å². The van der Waals surface area contributed by atoms with Crippen LogP contribution in [-0.2, 0) is 6.61 Å². The summed E-state index contributed by atoms with van der Waals surface area (Å²) >= 11 is 0. The van der Waals surface area contributed by atoms with Crippen molar-refractivity contribution in [2.75, 3.05) is 0 Å². The van der Waals surface area contributed by atoms with Crippen molar-refractivity contribution < 1.29 is 14.1 Å². The molecule has 2 unspecified atom stereocenters. The van der Waals surface area contributed by atoms with Crippen LogP contribution in [0.25, 0.3) is 0 Å². The second-order valence-corrected chi connectivity index (χ2v) is 5.15. The average molecular weight is 287 g/mol. The van der Waals surface area contributed by atoms with E-state index < -0.39 is 11.9 Å². The highest BCUT2D eigenvalue weighted by Crippen LogP contribution is 2.46. The molecule has 21 heavy (non-hydrogen) atoms. The van der Waals surface area contributed by atoms with Crippen molar-refractivity contribution in [1.82, 2.24) is 0 Å². The third-order valence-corrected chi connectivity index (χ3v) is 3.64. The summed E-state index contributed by atoms with van der Waals surface area (Å²) in [7, 11) is 0. The van der Waals surface area contributed by atoms with Gasteiger partial charge in [-0.2, -0.15) is 0 Å². The summed E-state index contributed by atoms with van der Waals surface area (Å²) in [4.78, 5) is 10.5. The molecule has 0 amide bonds. The van der Waals surface area contributed by atoms with E-state index in [9.17, 15) is 14.5 Å². The maximum atomic E-state index is 13.4. The molecule has 108 valence electrons. The van der Waals surface area contributed by atoms with Crippen LogP contribution in [0.5, 0.6) is 5.75 Å². The van der Waals surface area contributed by atoms with Gasteiger partial charge in [0, 0.05) is 23.0 Å². The van der Waals surface area contributed by atoms with E-state index in [1.807, 2.05) is 30.3 Å². The average Bonchev–Trinajstić information content (AvgIpc) is 3.27. The number of nitro groups is 1. The van der Waals surface area contributed by atoms with Crippen LogP contribution in [0.4, 0.5) is 4.39 Å². The molecule has 1 fully saturated rings. The molecule has 0 spiro atoms. The fourth-order valence-corrected chi connectivity index (χ4v) is 2.42. The molecule has 0 radical (unpaired) electrons. The van der Waals surface area contributed by atoms with Crippen molar-refractivity contribution in [3.05, 3.63) is 75.6 Å². The monoisotopic (exact) mass is 287 g/mol. The van der Waals surface area contributed by atoms with Gasteiger partial charge in [-0.1, -0.05) is 36.4 Å². The van der Waals surface area contributed by atoms with Crippen LogP contribution in [0, 0.1) is 15.9 Å². The lowest BCUT2D eigenvalue weighted by atomic mass is 10.1. The molecular formula is C16H14FNO3. The van der Waals surface area contributed by atoms with Gasteiger partial charge in [0.05, 0.1) is 5.92 Å². The summed E-state index contributed by atoms with van der Waals surface area (Å²) in [5, 5.41) is 10.8. The first-order valence-electron chi connectivity index (χ1n) is 6.75. The number of hydrogen-bond donors (Lipinski definition) is 0. The van der Waals surface area contributed by atoms with E-state index in [0.29, 0.717) is 24.3 Å². The maximum Gasteiger partial charge on any atom is 0.221 e. The van der Waals surface area contributed by atoms with E-state index in [4.69, 9.17) is 4.74 Å². The molecule has 0 aromatic heterocycles. The summed E-state index contributed by atoms with van der Waals surface area (Å²) in [5.41, 5.74) is 1.68. The van der Waals surface area contributed by atoms with Crippen LogP contribution in [0.2, 0.25) is 0 Å². The van der Waals surface area contributed by atoms with Crippen LogP contribution < -0.4 is 4.74 Å². The van der Waals surface area contributed by atoms with Crippen LogP contribution in [0.3, 0.4) is 0 Å². The van der Waals surface area contributed by atoms with Crippen molar-refractivity contribution in [1.29, 1.82) is 0 Å². The lowest BCUT2D eigenvalue weighted by molar-refractivity contribution is -0.496. The Morgan fingerprint density at radius 2 is 2.00 bits per heavy atom. The summed E-state index contributed by atoms with van der Waals surface area (Å²) < 4.78 is 19.1. The van der Waals surface area contributed by atoms with Crippen LogP contribution >= 0.6 is 0 Å². The molecular weight excluding hydrogens is 273 g/mol. The largest absolute Gasteiger partial charge is 0.489 e. The Bertz CT molecular complexity index is 660. The minimum absolute atomic E-state index is 0.175. The third kappa shape index (κ3) is 3.02. The van der Waals surface area contributed by atoms with Crippen molar-refractivity contribution in [2.45, 2.75) is 25.0 Å². The Hall–Kier alpha value is -2.43. The van der Waals surface area contributed by atoms with Gasteiger partial charge in [-0.15, -0.1) is 0 Å². The van der Waals surface area contributed by atoms with E-state index >= 15 is 0 Å². The zero-order chi connectivity index (χ0) is 14.8. The lowest BCUT2D eigenvalue weighted by Crippen LogP contribution is -2.04. The molecule has 2 aromatic rings. The number of hydrogen-bond acceptors (Lipinski definition) is 3. The molecule has 1 aliphatic carbocycles. The quantitative estimate of drug-likeness (QED) is 0.624. The van der Waals surface area contributed by atoms with Gasteiger partial charge in [-0.05, 0) is 11.6 Å². The molecule has 0 bridgehead atoms. The Morgan fingerprint density at radius 3 is 2.67 bits per heavy atom. The van der Waals surface area contributed by atoms with Gasteiger partial charge >= 0.3 is 0 Å². The van der Waals surface area contributed by atoms with Crippen molar-refractivity contribution in [3.63, 3.8) is 0 Å². The molecule has 2 aromatic carbocycles. The summed E-state index contributed by atoms with van der Waals surface area (Å²) in [6, 6.07) is 13.2.